The quantitative estimate of drug-likeness (QED) is 0.532. The predicted molar refractivity (Wildman–Crippen MR) is 89.8 cm³/mol. The number of ether oxygens (including phenoxy) is 3. The minimum absolute atomic E-state index is 0.179. The molecular weight excluding hydrogens is 326 g/mol. The van der Waals surface area contributed by atoms with Gasteiger partial charge in [-0.3, -0.25) is 0 Å². The number of carbonyl (C=O) groups is 1. The van der Waals surface area contributed by atoms with E-state index >= 15 is 0 Å². The first kappa shape index (κ1) is 14.7. The largest absolute Gasteiger partial charge is 0.454 e. The highest BCUT2D eigenvalue weighted by atomic mass is 32.1. The van der Waals surface area contributed by atoms with Crippen LogP contribution in [0.1, 0.15) is 16.1 Å². The standard InChI is InChI=1S/C18H13NO4S/c1-11-2-4-12(5-3-11)17-19-14(9-24-17)18(20)23-13-6-7-15-16(8-13)22-10-21-15/h2-9H,10H2,1H3. The van der Waals surface area contributed by atoms with E-state index in [0.29, 0.717) is 17.2 Å². The maximum Gasteiger partial charge on any atom is 0.363 e. The van der Waals surface area contributed by atoms with Gasteiger partial charge in [0, 0.05) is 17.0 Å². The van der Waals surface area contributed by atoms with Crippen molar-refractivity contribution < 1.29 is 19.0 Å². The third-order valence-corrected chi connectivity index (χ3v) is 4.46. The molecule has 1 aliphatic rings. The minimum atomic E-state index is -0.497. The Hall–Kier alpha value is -2.86. The number of hydrogen-bond acceptors (Lipinski definition) is 6. The Balaban J connectivity index is 1.52. The summed E-state index contributed by atoms with van der Waals surface area (Å²) in [4.78, 5) is 16.6. The second-order valence-corrected chi connectivity index (χ2v) is 6.17. The van der Waals surface area contributed by atoms with Crippen molar-refractivity contribution in [3.8, 4) is 27.8 Å². The lowest BCUT2D eigenvalue weighted by atomic mass is 10.2. The SMILES string of the molecule is Cc1ccc(-c2nc(C(=O)Oc3ccc4c(c3)OCO4)cs2)cc1. The molecule has 3 aromatic rings. The summed E-state index contributed by atoms with van der Waals surface area (Å²) in [6.45, 7) is 2.21. The van der Waals surface area contributed by atoms with E-state index in [1.54, 1.807) is 23.6 Å². The smallest absolute Gasteiger partial charge is 0.363 e. The van der Waals surface area contributed by atoms with Crippen molar-refractivity contribution in [1.82, 2.24) is 4.98 Å². The van der Waals surface area contributed by atoms with Crippen LogP contribution < -0.4 is 14.2 Å². The zero-order chi connectivity index (χ0) is 16.5. The van der Waals surface area contributed by atoms with Crippen LogP contribution in [-0.2, 0) is 0 Å². The predicted octanol–water partition coefficient (Wildman–Crippen LogP) is 4.07. The molecule has 2 heterocycles. The number of rotatable bonds is 3. The summed E-state index contributed by atoms with van der Waals surface area (Å²) < 4.78 is 15.9. The Bertz CT molecular complexity index is 902. The van der Waals surface area contributed by atoms with Crippen LogP contribution in [0.2, 0.25) is 0 Å². The first-order valence-electron chi connectivity index (χ1n) is 7.33. The van der Waals surface area contributed by atoms with E-state index < -0.39 is 5.97 Å². The zero-order valence-electron chi connectivity index (χ0n) is 12.8. The number of esters is 1. The number of aromatic nitrogens is 1. The second kappa shape index (κ2) is 5.98. The summed E-state index contributed by atoms with van der Waals surface area (Å²) in [5.74, 6) is 1.11. The molecule has 1 aliphatic heterocycles. The van der Waals surface area contributed by atoms with E-state index in [1.165, 1.54) is 16.9 Å². The summed E-state index contributed by atoms with van der Waals surface area (Å²) >= 11 is 1.41. The Kier molecular flexibility index (Phi) is 3.66. The van der Waals surface area contributed by atoms with E-state index in [-0.39, 0.29) is 12.5 Å². The van der Waals surface area contributed by atoms with Gasteiger partial charge in [0.25, 0.3) is 0 Å². The molecule has 0 N–H and O–H groups in total. The summed E-state index contributed by atoms with van der Waals surface area (Å²) in [5, 5.41) is 2.48. The molecule has 0 saturated carbocycles. The van der Waals surface area contributed by atoms with E-state index in [2.05, 4.69) is 4.98 Å². The molecule has 0 bridgehead atoms. The Morgan fingerprint density at radius 1 is 1.12 bits per heavy atom. The van der Waals surface area contributed by atoms with Gasteiger partial charge in [-0.2, -0.15) is 0 Å². The molecule has 1 aromatic heterocycles. The molecule has 0 radical (unpaired) electrons. The molecule has 24 heavy (non-hydrogen) atoms. The summed E-state index contributed by atoms with van der Waals surface area (Å²) in [6, 6.07) is 13.0. The summed E-state index contributed by atoms with van der Waals surface area (Å²) in [5.41, 5.74) is 2.44. The number of fused-ring (bicyclic) bond motifs is 1. The first-order valence-corrected chi connectivity index (χ1v) is 8.21. The van der Waals surface area contributed by atoms with Gasteiger partial charge in [-0.05, 0) is 19.1 Å². The summed E-state index contributed by atoms with van der Waals surface area (Å²) in [6.07, 6.45) is 0. The molecule has 0 saturated heterocycles. The normalized spacial score (nSPS) is 12.2. The number of nitrogens with zero attached hydrogens (tertiary/aromatic N) is 1. The van der Waals surface area contributed by atoms with Gasteiger partial charge in [-0.15, -0.1) is 11.3 Å². The van der Waals surface area contributed by atoms with Gasteiger partial charge in [0.05, 0.1) is 0 Å². The molecular formula is C18H13NO4S. The van der Waals surface area contributed by atoms with Gasteiger partial charge in [0.15, 0.2) is 17.2 Å². The fraction of sp³-hybridized carbons (Fsp3) is 0.111. The molecule has 120 valence electrons. The third kappa shape index (κ3) is 2.83. The lowest BCUT2D eigenvalue weighted by Crippen LogP contribution is -2.08. The highest BCUT2D eigenvalue weighted by Gasteiger charge is 2.18. The molecule has 0 spiro atoms. The molecule has 0 aliphatic carbocycles. The summed E-state index contributed by atoms with van der Waals surface area (Å²) in [7, 11) is 0. The maximum atomic E-state index is 12.3. The molecule has 0 unspecified atom stereocenters. The van der Waals surface area contributed by atoms with Crippen LogP contribution in [0.3, 0.4) is 0 Å². The Morgan fingerprint density at radius 3 is 2.75 bits per heavy atom. The van der Waals surface area contributed by atoms with E-state index in [4.69, 9.17) is 14.2 Å². The molecule has 5 nitrogen and oxygen atoms in total. The lowest BCUT2D eigenvalue weighted by Gasteiger charge is -2.03. The Labute approximate surface area is 142 Å². The van der Waals surface area contributed by atoms with Gasteiger partial charge >= 0.3 is 5.97 Å². The van der Waals surface area contributed by atoms with Crippen molar-refractivity contribution in [2.75, 3.05) is 6.79 Å². The van der Waals surface area contributed by atoms with Crippen molar-refractivity contribution in [1.29, 1.82) is 0 Å². The van der Waals surface area contributed by atoms with Gasteiger partial charge in [0.2, 0.25) is 6.79 Å². The monoisotopic (exact) mass is 339 g/mol. The fourth-order valence-corrected chi connectivity index (χ4v) is 3.09. The average molecular weight is 339 g/mol. The van der Waals surface area contributed by atoms with Crippen LogP contribution in [0.4, 0.5) is 0 Å². The fourth-order valence-electron chi connectivity index (χ4n) is 2.30. The van der Waals surface area contributed by atoms with Crippen LogP contribution in [0.5, 0.6) is 17.2 Å². The molecule has 4 rings (SSSR count). The van der Waals surface area contributed by atoms with E-state index in [9.17, 15) is 4.79 Å². The van der Waals surface area contributed by atoms with Crippen LogP contribution >= 0.6 is 11.3 Å². The molecule has 0 atom stereocenters. The highest BCUT2D eigenvalue weighted by Crippen LogP contribution is 2.35. The van der Waals surface area contributed by atoms with Crippen LogP contribution in [0, 0.1) is 6.92 Å². The van der Waals surface area contributed by atoms with Crippen molar-refractivity contribution in [3.05, 3.63) is 59.1 Å². The van der Waals surface area contributed by atoms with Crippen LogP contribution in [-0.4, -0.2) is 17.7 Å². The third-order valence-electron chi connectivity index (χ3n) is 3.57. The molecule has 2 aromatic carbocycles. The van der Waals surface area contributed by atoms with Crippen LogP contribution in [0.15, 0.2) is 47.8 Å². The number of aryl methyl sites for hydroxylation is 1. The van der Waals surface area contributed by atoms with Crippen molar-refractivity contribution in [2.24, 2.45) is 0 Å². The van der Waals surface area contributed by atoms with Gasteiger partial charge in [0.1, 0.15) is 10.8 Å². The van der Waals surface area contributed by atoms with Crippen molar-refractivity contribution in [2.45, 2.75) is 6.92 Å². The second-order valence-electron chi connectivity index (χ2n) is 5.31. The van der Waals surface area contributed by atoms with E-state index in [1.807, 2.05) is 31.2 Å². The molecule has 0 fully saturated rings. The highest BCUT2D eigenvalue weighted by molar-refractivity contribution is 7.13. The number of carbonyl (C=O) groups excluding carboxylic acids is 1. The number of hydrogen-bond donors (Lipinski definition) is 0. The van der Waals surface area contributed by atoms with Crippen LogP contribution in [0.25, 0.3) is 10.6 Å². The minimum Gasteiger partial charge on any atom is -0.454 e. The lowest BCUT2D eigenvalue weighted by molar-refractivity contribution is 0.0729. The maximum absolute atomic E-state index is 12.3. The van der Waals surface area contributed by atoms with Crippen molar-refractivity contribution in [3.63, 3.8) is 0 Å². The zero-order valence-corrected chi connectivity index (χ0v) is 13.6. The first-order chi connectivity index (χ1) is 11.7. The van der Waals surface area contributed by atoms with Crippen molar-refractivity contribution >= 4 is 17.3 Å². The number of thiazole rings is 1. The van der Waals surface area contributed by atoms with Gasteiger partial charge in [-0.25, -0.2) is 9.78 Å². The van der Waals surface area contributed by atoms with Gasteiger partial charge in [-0.1, -0.05) is 29.8 Å². The Morgan fingerprint density at radius 2 is 1.92 bits per heavy atom. The molecule has 0 amide bonds. The van der Waals surface area contributed by atoms with Gasteiger partial charge < -0.3 is 14.2 Å². The molecule has 6 heteroatoms. The number of benzene rings is 2. The average Bonchev–Trinajstić information content (AvgIpc) is 3.24. The topological polar surface area (TPSA) is 57.7 Å². The van der Waals surface area contributed by atoms with E-state index in [0.717, 1.165) is 10.6 Å².